The summed E-state index contributed by atoms with van der Waals surface area (Å²) in [4.78, 5) is 23.9. The number of carbonyl (C=O) groups excluding carboxylic acids is 1. The molecule has 2 fully saturated rings. The van der Waals surface area contributed by atoms with E-state index < -0.39 is 0 Å². The molecule has 0 bridgehead atoms. The van der Waals surface area contributed by atoms with Crippen molar-refractivity contribution < 1.29 is 4.79 Å². The topological polar surface area (TPSA) is 46.1 Å². The van der Waals surface area contributed by atoms with Crippen molar-refractivity contribution >= 4 is 5.78 Å². The quantitative estimate of drug-likeness (QED) is 0.720. The van der Waals surface area contributed by atoms with Crippen LogP contribution >= 0.6 is 0 Å². The molecule has 3 rings (SSSR count). The Balaban J connectivity index is 1.42. The van der Waals surface area contributed by atoms with Crippen molar-refractivity contribution in [2.24, 2.45) is 17.8 Å². The van der Waals surface area contributed by atoms with Crippen molar-refractivity contribution in [2.45, 2.75) is 78.1 Å². The van der Waals surface area contributed by atoms with E-state index in [-0.39, 0.29) is 5.92 Å². The monoisotopic (exact) mass is 371 g/mol. The Morgan fingerprint density at radius 1 is 1.00 bits per heavy atom. The summed E-state index contributed by atoms with van der Waals surface area (Å²) < 4.78 is 0. The molecule has 0 spiro atoms. The van der Waals surface area contributed by atoms with Crippen LogP contribution in [0.15, 0.2) is 12.4 Å². The minimum Gasteiger partial charge on any atom is -0.303 e. The number of Topliss-reactive ketones (excluding diaryl/α,β-unsaturated/α-hetero) is 1. The van der Waals surface area contributed by atoms with E-state index in [1.54, 1.807) is 0 Å². The smallest absolute Gasteiger partial charge is 0.138 e. The van der Waals surface area contributed by atoms with Crippen molar-refractivity contribution in [2.75, 3.05) is 19.6 Å². The SMILES string of the molecule is CC(C)c1ncc(C2CCN(C[C@H]3CC[C@H](C(=O)C(C)C)CC3)CC2)cn1. The molecule has 4 nitrogen and oxygen atoms in total. The second-order valence-corrected chi connectivity index (χ2v) is 9.38. The van der Waals surface area contributed by atoms with E-state index in [0.717, 1.165) is 24.6 Å². The minimum absolute atomic E-state index is 0.198. The Bertz CT molecular complexity index is 595. The number of aromatic nitrogens is 2. The first-order valence-electron chi connectivity index (χ1n) is 11.0. The predicted molar refractivity (Wildman–Crippen MR) is 110 cm³/mol. The van der Waals surface area contributed by atoms with E-state index in [1.807, 2.05) is 13.8 Å². The van der Waals surface area contributed by atoms with Crippen LogP contribution in [0.3, 0.4) is 0 Å². The average Bonchev–Trinajstić information content (AvgIpc) is 2.68. The number of rotatable bonds is 6. The molecule has 1 aliphatic heterocycles. The Hall–Kier alpha value is -1.29. The molecule has 1 saturated carbocycles. The van der Waals surface area contributed by atoms with Gasteiger partial charge >= 0.3 is 0 Å². The molecule has 0 N–H and O–H groups in total. The van der Waals surface area contributed by atoms with Gasteiger partial charge in [0.25, 0.3) is 0 Å². The van der Waals surface area contributed by atoms with Crippen LogP contribution in [0.4, 0.5) is 0 Å². The van der Waals surface area contributed by atoms with Gasteiger partial charge < -0.3 is 4.90 Å². The number of piperidine rings is 1. The highest BCUT2D eigenvalue weighted by atomic mass is 16.1. The van der Waals surface area contributed by atoms with E-state index in [1.165, 1.54) is 50.9 Å². The van der Waals surface area contributed by atoms with Gasteiger partial charge in [0.15, 0.2) is 0 Å². The summed E-state index contributed by atoms with van der Waals surface area (Å²) in [5, 5.41) is 0. The van der Waals surface area contributed by atoms with E-state index in [4.69, 9.17) is 0 Å². The molecule has 0 unspecified atom stereocenters. The average molecular weight is 372 g/mol. The van der Waals surface area contributed by atoms with Gasteiger partial charge in [-0.15, -0.1) is 0 Å². The lowest BCUT2D eigenvalue weighted by Crippen LogP contribution is -2.38. The van der Waals surface area contributed by atoms with Gasteiger partial charge in [-0.1, -0.05) is 27.7 Å². The second kappa shape index (κ2) is 9.27. The van der Waals surface area contributed by atoms with Crippen LogP contribution in [0.2, 0.25) is 0 Å². The van der Waals surface area contributed by atoms with Crippen molar-refractivity contribution in [3.8, 4) is 0 Å². The van der Waals surface area contributed by atoms with Gasteiger partial charge in [0, 0.05) is 36.7 Å². The van der Waals surface area contributed by atoms with Crippen molar-refractivity contribution in [3.05, 3.63) is 23.8 Å². The lowest BCUT2D eigenvalue weighted by Gasteiger charge is -2.36. The third-order valence-electron chi connectivity index (χ3n) is 6.60. The van der Waals surface area contributed by atoms with Crippen LogP contribution in [-0.2, 0) is 4.79 Å². The maximum atomic E-state index is 12.2. The molecule has 150 valence electrons. The highest BCUT2D eigenvalue weighted by Crippen LogP contribution is 2.33. The van der Waals surface area contributed by atoms with Gasteiger partial charge in [-0.3, -0.25) is 4.79 Å². The lowest BCUT2D eigenvalue weighted by atomic mass is 9.77. The highest BCUT2D eigenvalue weighted by molar-refractivity contribution is 5.82. The largest absolute Gasteiger partial charge is 0.303 e. The second-order valence-electron chi connectivity index (χ2n) is 9.38. The Morgan fingerprint density at radius 3 is 2.11 bits per heavy atom. The Labute approximate surface area is 165 Å². The van der Waals surface area contributed by atoms with Gasteiger partial charge in [0.1, 0.15) is 11.6 Å². The van der Waals surface area contributed by atoms with E-state index in [2.05, 4.69) is 41.1 Å². The fourth-order valence-corrected chi connectivity index (χ4v) is 4.77. The minimum atomic E-state index is 0.198. The summed E-state index contributed by atoms with van der Waals surface area (Å²) in [6.45, 7) is 11.9. The number of hydrogen-bond donors (Lipinski definition) is 0. The van der Waals surface area contributed by atoms with E-state index in [9.17, 15) is 4.79 Å². The van der Waals surface area contributed by atoms with Crippen molar-refractivity contribution in [3.63, 3.8) is 0 Å². The number of hydrogen-bond acceptors (Lipinski definition) is 4. The summed E-state index contributed by atoms with van der Waals surface area (Å²) in [7, 11) is 0. The first-order valence-corrected chi connectivity index (χ1v) is 11.0. The summed E-state index contributed by atoms with van der Waals surface area (Å²) in [6.07, 6.45) is 11.2. The summed E-state index contributed by atoms with van der Waals surface area (Å²) >= 11 is 0. The zero-order chi connectivity index (χ0) is 19.4. The predicted octanol–water partition coefficient (Wildman–Crippen LogP) is 4.81. The maximum Gasteiger partial charge on any atom is 0.138 e. The molecule has 1 aromatic heterocycles. The molecule has 27 heavy (non-hydrogen) atoms. The number of carbonyl (C=O) groups is 1. The third-order valence-corrected chi connectivity index (χ3v) is 6.60. The first-order chi connectivity index (χ1) is 12.9. The molecule has 0 amide bonds. The molecular formula is C23H37N3O. The van der Waals surface area contributed by atoms with Gasteiger partial charge in [0.2, 0.25) is 0 Å². The lowest BCUT2D eigenvalue weighted by molar-refractivity contribution is -0.127. The molecule has 4 heteroatoms. The van der Waals surface area contributed by atoms with Gasteiger partial charge in [0.05, 0.1) is 0 Å². The van der Waals surface area contributed by atoms with Gasteiger partial charge in [-0.05, 0) is 69.0 Å². The van der Waals surface area contributed by atoms with Crippen LogP contribution < -0.4 is 0 Å². The molecule has 1 aromatic rings. The number of ketones is 1. The first kappa shape index (κ1) is 20.4. The Kier molecular flexibility index (Phi) is 7.02. The maximum absolute atomic E-state index is 12.2. The zero-order valence-electron chi connectivity index (χ0n) is 17.7. The van der Waals surface area contributed by atoms with Gasteiger partial charge in [-0.25, -0.2) is 9.97 Å². The molecule has 1 saturated heterocycles. The standard InChI is InChI=1S/C23H37N3O/c1-16(2)22(27)20-7-5-18(6-8-20)15-26-11-9-19(10-12-26)21-13-24-23(17(3)4)25-14-21/h13-14,16-20H,5-12,15H2,1-4H3/t18-,20-. The van der Waals surface area contributed by atoms with Crippen molar-refractivity contribution in [1.82, 2.24) is 14.9 Å². The normalized spacial score (nSPS) is 25.3. The van der Waals surface area contributed by atoms with E-state index >= 15 is 0 Å². The molecular weight excluding hydrogens is 334 g/mol. The summed E-state index contributed by atoms with van der Waals surface area (Å²) in [6, 6.07) is 0. The molecule has 2 aliphatic rings. The van der Waals surface area contributed by atoms with Crippen LogP contribution in [-0.4, -0.2) is 40.3 Å². The highest BCUT2D eigenvalue weighted by Gasteiger charge is 2.29. The van der Waals surface area contributed by atoms with Crippen LogP contribution in [0.25, 0.3) is 0 Å². The fraction of sp³-hybridized carbons (Fsp3) is 0.783. The van der Waals surface area contributed by atoms with Gasteiger partial charge in [-0.2, -0.15) is 0 Å². The fourth-order valence-electron chi connectivity index (χ4n) is 4.77. The van der Waals surface area contributed by atoms with Crippen LogP contribution in [0.1, 0.15) is 89.4 Å². The van der Waals surface area contributed by atoms with Crippen molar-refractivity contribution in [1.29, 1.82) is 0 Å². The molecule has 1 aliphatic carbocycles. The number of nitrogens with zero attached hydrogens (tertiary/aromatic N) is 3. The van der Waals surface area contributed by atoms with Crippen LogP contribution in [0.5, 0.6) is 0 Å². The third kappa shape index (κ3) is 5.37. The van der Waals surface area contributed by atoms with E-state index in [0.29, 0.717) is 23.5 Å². The van der Waals surface area contributed by atoms with Crippen LogP contribution in [0, 0.1) is 17.8 Å². The molecule has 2 heterocycles. The molecule has 0 atom stereocenters. The molecule has 0 radical (unpaired) electrons. The zero-order valence-corrected chi connectivity index (χ0v) is 17.7. The summed E-state index contributed by atoms with van der Waals surface area (Å²) in [5.74, 6) is 3.76. The Morgan fingerprint density at radius 2 is 1.59 bits per heavy atom. The molecule has 0 aromatic carbocycles. The summed E-state index contributed by atoms with van der Waals surface area (Å²) in [5.41, 5.74) is 1.31. The number of likely N-dealkylation sites (tertiary alicyclic amines) is 1.